The lowest BCUT2D eigenvalue weighted by molar-refractivity contribution is -0.0596. The number of hydrogen-bond donors (Lipinski definition) is 1. The van der Waals surface area contributed by atoms with E-state index in [4.69, 9.17) is 14.2 Å². The maximum atomic E-state index is 11.5. The van der Waals surface area contributed by atoms with Crippen molar-refractivity contribution >= 4 is 0 Å². The van der Waals surface area contributed by atoms with Crippen LogP contribution in [0.15, 0.2) is 42.5 Å². The molecule has 30 heavy (non-hydrogen) atoms. The van der Waals surface area contributed by atoms with Crippen LogP contribution in [-0.2, 0) is 12.1 Å². The molecule has 2 atom stereocenters. The van der Waals surface area contributed by atoms with Gasteiger partial charge in [0.05, 0.1) is 26.4 Å². The maximum Gasteiger partial charge on any atom is 0.165 e. The van der Waals surface area contributed by atoms with Gasteiger partial charge in [-0.05, 0) is 55.9 Å². The number of piperidine rings is 1. The van der Waals surface area contributed by atoms with Gasteiger partial charge < -0.3 is 19.3 Å². The molecule has 2 saturated heterocycles. The summed E-state index contributed by atoms with van der Waals surface area (Å²) in [5.41, 5.74) is 1.38. The Bertz CT molecular complexity index is 837. The van der Waals surface area contributed by atoms with Crippen LogP contribution in [0.4, 0.5) is 0 Å². The molecule has 2 aromatic carbocycles. The van der Waals surface area contributed by atoms with Crippen LogP contribution in [0.1, 0.15) is 50.2 Å². The van der Waals surface area contributed by atoms with E-state index in [1.807, 2.05) is 36.4 Å². The minimum absolute atomic E-state index is 0.362. The highest BCUT2D eigenvalue weighted by Gasteiger charge is 2.48. The SMILES string of the molecule is CCCOc1c(CN2[C@H]3CC[C@H]2CC(O)(c2ccc(OC)cc2)C3)cccc1OC. The van der Waals surface area contributed by atoms with Crippen molar-refractivity contribution in [2.45, 2.75) is 63.3 Å². The van der Waals surface area contributed by atoms with Gasteiger partial charge in [0.25, 0.3) is 0 Å². The van der Waals surface area contributed by atoms with Crippen molar-refractivity contribution in [1.82, 2.24) is 4.90 Å². The molecule has 162 valence electrons. The molecule has 4 rings (SSSR count). The van der Waals surface area contributed by atoms with Gasteiger partial charge in [-0.15, -0.1) is 0 Å². The van der Waals surface area contributed by atoms with Gasteiger partial charge in [0, 0.05) is 24.2 Å². The van der Waals surface area contributed by atoms with Gasteiger partial charge >= 0.3 is 0 Å². The lowest BCUT2D eigenvalue weighted by Crippen LogP contribution is -2.49. The van der Waals surface area contributed by atoms with Crippen LogP contribution in [0, 0.1) is 0 Å². The van der Waals surface area contributed by atoms with Crippen molar-refractivity contribution in [2.24, 2.45) is 0 Å². The molecule has 2 aliphatic rings. The Morgan fingerprint density at radius 1 is 1.00 bits per heavy atom. The second-order valence-corrected chi connectivity index (χ2v) is 8.52. The largest absolute Gasteiger partial charge is 0.497 e. The fourth-order valence-electron chi connectivity index (χ4n) is 5.12. The first-order chi connectivity index (χ1) is 14.6. The highest BCUT2D eigenvalue weighted by atomic mass is 16.5. The lowest BCUT2D eigenvalue weighted by Gasteiger charge is -2.44. The van der Waals surface area contributed by atoms with E-state index in [2.05, 4.69) is 17.9 Å². The van der Waals surface area contributed by atoms with E-state index in [-0.39, 0.29) is 0 Å². The molecule has 2 heterocycles. The monoisotopic (exact) mass is 411 g/mol. The van der Waals surface area contributed by atoms with Crippen LogP contribution in [0.2, 0.25) is 0 Å². The summed E-state index contributed by atoms with van der Waals surface area (Å²) >= 11 is 0. The average molecular weight is 412 g/mol. The molecule has 2 aromatic rings. The smallest absolute Gasteiger partial charge is 0.165 e. The molecular weight excluding hydrogens is 378 g/mol. The first-order valence-corrected chi connectivity index (χ1v) is 11.0. The van der Waals surface area contributed by atoms with Crippen molar-refractivity contribution in [3.63, 3.8) is 0 Å². The molecule has 0 radical (unpaired) electrons. The molecule has 0 unspecified atom stereocenters. The zero-order valence-electron chi connectivity index (χ0n) is 18.3. The summed E-state index contributed by atoms with van der Waals surface area (Å²) < 4.78 is 16.9. The molecule has 0 amide bonds. The van der Waals surface area contributed by atoms with E-state index in [1.54, 1.807) is 14.2 Å². The second kappa shape index (κ2) is 8.86. The minimum Gasteiger partial charge on any atom is -0.497 e. The van der Waals surface area contributed by atoms with Gasteiger partial charge in [0.2, 0.25) is 0 Å². The van der Waals surface area contributed by atoms with Gasteiger partial charge in [-0.25, -0.2) is 0 Å². The molecular formula is C25H33NO4. The summed E-state index contributed by atoms with van der Waals surface area (Å²) in [5.74, 6) is 2.47. The van der Waals surface area contributed by atoms with Crippen molar-refractivity contribution in [3.8, 4) is 17.2 Å². The fraction of sp³-hybridized carbons (Fsp3) is 0.520. The normalized spacial score (nSPS) is 25.9. The molecule has 2 bridgehead atoms. The van der Waals surface area contributed by atoms with Gasteiger partial charge in [0.15, 0.2) is 11.5 Å². The van der Waals surface area contributed by atoms with Crippen LogP contribution in [0.3, 0.4) is 0 Å². The summed E-state index contributed by atoms with van der Waals surface area (Å²) in [7, 11) is 3.36. The topological polar surface area (TPSA) is 51.2 Å². The third-order valence-corrected chi connectivity index (χ3v) is 6.63. The Hall–Kier alpha value is -2.24. The van der Waals surface area contributed by atoms with Crippen molar-refractivity contribution in [2.75, 3.05) is 20.8 Å². The molecule has 0 aliphatic carbocycles. The maximum absolute atomic E-state index is 11.5. The molecule has 2 fully saturated rings. The van der Waals surface area contributed by atoms with Gasteiger partial charge in [-0.1, -0.05) is 31.2 Å². The summed E-state index contributed by atoms with van der Waals surface area (Å²) in [4.78, 5) is 2.56. The highest BCUT2D eigenvalue weighted by Crippen LogP contribution is 2.47. The van der Waals surface area contributed by atoms with Gasteiger partial charge in [-0.3, -0.25) is 4.90 Å². The highest BCUT2D eigenvalue weighted by molar-refractivity contribution is 5.47. The summed E-state index contributed by atoms with van der Waals surface area (Å²) in [6.45, 7) is 3.61. The number of benzene rings is 2. The van der Waals surface area contributed by atoms with E-state index in [9.17, 15) is 5.11 Å². The quantitative estimate of drug-likeness (QED) is 0.693. The molecule has 0 saturated carbocycles. The van der Waals surface area contributed by atoms with Crippen molar-refractivity contribution < 1.29 is 19.3 Å². The van der Waals surface area contributed by atoms with Gasteiger partial charge in [-0.2, -0.15) is 0 Å². The molecule has 2 aliphatic heterocycles. The number of fused-ring (bicyclic) bond motifs is 2. The van der Waals surface area contributed by atoms with Crippen LogP contribution >= 0.6 is 0 Å². The number of nitrogens with zero attached hydrogens (tertiary/aromatic N) is 1. The van der Waals surface area contributed by atoms with E-state index in [0.717, 1.165) is 67.0 Å². The zero-order chi connectivity index (χ0) is 21.1. The summed E-state index contributed by atoms with van der Waals surface area (Å²) in [5, 5.41) is 11.5. The minimum atomic E-state index is -0.773. The number of aliphatic hydroxyl groups is 1. The van der Waals surface area contributed by atoms with E-state index in [0.29, 0.717) is 18.7 Å². The second-order valence-electron chi connectivity index (χ2n) is 8.52. The standard InChI is InChI=1S/C25H33NO4/c1-4-14-30-24-18(6-5-7-23(24)29-3)17-26-20-10-11-21(26)16-25(27,15-20)19-8-12-22(28-2)13-9-19/h5-9,12-13,20-21,27H,4,10-11,14-17H2,1-3H3/t20-,21-/m0/s1. The third kappa shape index (κ3) is 4.01. The summed E-state index contributed by atoms with van der Waals surface area (Å²) in [6, 6.07) is 14.7. The molecule has 5 heteroatoms. The zero-order valence-corrected chi connectivity index (χ0v) is 18.3. The van der Waals surface area contributed by atoms with Crippen LogP contribution in [0.25, 0.3) is 0 Å². The Kier molecular flexibility index (Phi) is 6.21. The predicted molar refractivity (Wildman–Crippen MR) is 117 cm³/mol. The number of ether oxygens (including phenoxy) is 3. The third-order valence-electron chi connectivity index (χ3n) is 6.63. The number of methoxy groups -OCH3 is 2. The number of hydrogen-bond acceptors (Lipinski definition) is 5. The molecule has 5 nitrogen and oxygen atoms in total. The number of para-hydroxylation sites is 1. The first-order valence-electron chi connectivity index (χ1n) is 11.0. The van der Waals surface area contributed by atoms with Crippen LogP contribution in [0.5, 0.6) is 17.2 Å². The van der Waals surface area contributed by atoms with Crippen LogP contribution in [-0.4, -0.2) is 42.9 Å². The Balaban J connectivity index is 1.53. The molecule has 0 spiro atoms. The number of rotatable bonds is 8. The predicted octanol–water partition coefficient (Wildman–Crippen LogP) is 4.51. The van der Waals surface area contributed by atoms with E-state index in [1.165, 1.54) is 0 Å². The van der Waals surface area contributed by atoms with E-state index >= 15 is 0 Å². The molecule has 1 N–H and O–H groups in total. The van der Waals surface area contributed by atoms with Crippen molar-refractivity contribution in [1.29, 1.82) is 0 Å². The summed E-state index contributed by atoms with van der Waals surface area (Å²) in [6.07, 6.45) is 4.72. The fourth-order valence-corrected chi connectivity index (χ4v) is 5.12. The Morgan fingerprint density at radius 3 is 2.30 bits per heavy atom. The Labute approximate surface area is 179 Å². The average Bonchev–Trinajstić information content (AvgIpc) is 3.01. The molecule has 0 aromatic heterocycles. The van der Waals surface area contributed by atoms with E-state index < -0.39 is 5.60 Å². The van der Waals surface area contributed by atoms with Crippen LogP contribution < -0.4 is 14.2 Å². The Morgan fingerprint density at radius 2 is 1.70 bits per heavy atom. The first kappa shape index (κ1) is 21.0. The van der Waals surface area contributed by atoms with Gasteiger partial charge in [0.1, 0.15) is 5.75 Å². The lowest BCUT2D eigenvalue weighted by atomic mass is 9.80. The van der Waals surface area contributed by atoms with Crippen molar-refractivity contribution in [3.05, 3.63) is 53.6 Å².